The van der Waals surface area contributed by atoms with Gasteiger partial charge >= 0.3 is 17.9 Å². The predicted octanol–water partition coefficient (Wildman–Crippen LogP) is 7.29. The Morgan fingerprint density at radius 1 is 0.808 bits per heavy atom. The average molecular weight is 734 g/mol. The number of hydrogen-bond donors (Lipinski definition) is 3. The molecular weight excluding hydrogens is 666 g/mol. The molecule has 1 rings (SSSR count). The molecule has 0 fully saturated rings. The van der Waals surface area contributed by atoms with Gasteiger partial charge in [-0.15, -0.1) is 0 Å². The number of methoxy groups -OCH3 is 2. The summed E-state index contributed by atoms with van der Waals surface area (Å²) in [6.07, 6.45) is 15.1. The molecule has 11 heteroatoms. The largest absolute Gasteiger partial charge is 0.508 e. The number of carbonyl (C=O) groups is 4. The number of ether oxygens (including phenoxy) is 4. The van der Waals surface area contributed by atoms with Crippen LogP contribution in [0, 0.1) is 5.92 Å². The van der Waals surface area contributed by atoms with Gasteiger partial charge in [-0.2, -0.15) is 0 Å². The number of esters is 3. The molecule has 0 saturated carbocycles. The molecule has 0 aliphatic heterocycles. The molecule has 0 aliphatic carbocycles. The number of amides is 1. The van der Waals surface area contributed by atoms with Crippen LogP contribution in [0.2, 0.25) is 0 Å². The fourth-order valence-corrected chi connectivity index (χ4v) is 5.78. The van der Waals surface area contributed by atoms with Crippen molar-refractivity contribution in [2.45, 2.75) is 167 Å². The molecule has 0 saturated heterocycles. The van der Waals surface area contributed by atoms with Crippen molar-refractivity contribution in [3.8, 4) is 5.75 Å². The summed E-state index contributed by atoms with van der Waals surface area (Å²) >= 11 is 0. The van der Waals surface area contributed by atoms with Crippen LogP contribution in [0.4, 0.5) is 0 Å². The maximum Gasteiger partial charge on any atom is 0.340 e. The van der Waals surface area contributed by atoms with Crippen molar-refractivity contribution in [2.24, 2.45) is 5.92 Å². The van der Waals surface area contributed by atoms with Crippen LogP contribution >= 0.6 is 0 Å². The lowest BCUT2D eigenvalue weighted by Gasteiger charge is -2.35. The zero-order valence-corrected chi connectivity index (χ0v) is 33.3. The van der Waals surface area contributed by atoms with Gasteiger partial charge in [0.25, 0.3) is 0 Å². The summed E-state index contributed by atoms with van der Waals surface area (Å²) in [6.45, 7) is 12.0. The first-order valence-corrected chi connectivity index (χ1v) is 18.9. The summed E-state index contributed by atoms with van der Waals surface area (Å²) < 4.78 is 21.6. The van der Waals surface area contributed by atoms with Gasteiger partial charge in [0.05, 0.1) is 25.6 Å². The highest BCUT2D eigenvalue weighted by atomic mass is 16.6. The summed E-state index contributed by atoms with van der Waals surface area (Å²) in [5.74, 6) is -5.34. The third-order valence-corrected chi connectivity index (χ3v) is 8.50. The first-order valence-electron chi connectivity index (χ1n) is 18.9. The van der Waals surface area contributed by atoms with Crippen LogP contribution in [-0.4, -0.2) is 77.2 Å². The van der Waals surface area contributed by atoms with Crippen molar-refractivity contribution in [2.75, 3.05) is 14.2 Å². The molecule has 3 N–H and O–H groups in total. The van der Waals surface area contributed by atoms with Crippen molar-refractivity contribution in [1.29, 1.82) is 0 Å². The quantitative estimate of drug-likeness (QED) is 0.0427. The number of nitrogens with one attached hydrogen (secondary N) is 1. The Hall–Kier alpha value is -3.44. The van der Waals surface area contributed by atoms with Gasteiger partial charge in [0, 0.05) is 13.5 Å². The van der Waals surface area contributed by atoms with E-state index in [0.29, 0.717) is 12.0 Å². The van der Waals surface area contributed by atoms with Crippen LogP contribution in [0.25, 0.3) is 0 Å². The number of carbonyl (C=O) groups excluding carboxylic acids is 4. The Morgan fingerprint density at radius 2 is 1.37 bits per heavy atom. The first-order chi connectivity index (χ1) is 24.3. The number of unbranched alkanes of at least 4 members (excludes halogenated alkanes) is 8. The zero-order chi connectivity index (χ0) is 39.4. The molecule has 11 nitrogen and oxygen atoms in total. The van der Waals surface area contributed by atoms with E-state index in [-0.39, 0.29) is 18.3 Å². The van der Waals surface area contributed by atoms with E-state index in [4.69, 9.17) is 18.9 Å². The van der Waals surface area contributed by atoms with E-state index in [0.717, 1.165) is 38.5 Å². The number of benzene rings is 1. The second kappa shape index (κ2) is 23.3. The summed E-state index contributed by atoms with van der Waals surface area (Å²) in [5.41, 5.74) is -4.06. The van der Waals surface area contributed by atoms with Crippen molar-refractivity contribution >= 4 is 23.8 Å². The molecule has 1 aromatic carbocycles. The fraction of sp³-hybridized carbons (Fsp3) is 0.707. The minimum atomic E-state index is -2.68. The van der Waals surface area contributed by atoms with Crippen LogP contribution in [0.1, 0.15) is 138 Å². The molecule has 0 bridgehead atoms. The van der Waals surface area contributed by atoms with Crippen molar-refractivity contribution < 1.29 is 48.3 Å². The monoisotopic (exact) mass is 733 g/mol. The Morgan fingerprint density at radius 3 is 1.88 bits per heavy atom. The number of aromatic hydroxyl groups is 1. The van der Waals surface area contributed by atoms with Crippen LogP contribution in [0.15, 0.2) is 36.4 Å². The van der Waals surface area contributed by atoms with Gasteiger partial charge in [0.1, 0.15) is 23.0 Å². The third kappa shape index (κ3) is 18.9. The van der Waals surface area contributed by atoms with Gasteiger partial charge in [-0.05, 0) is 84.9 Å². The topological polar surface area (TPSA) is 158 Å². The molecule has 0 aromatic heterocycles. The van der Waals surface area contributed by atoms with Gasteiger partial charge < -0.3 is 34.5 Å². The van der Waals surface area contributed by atoms with Crippen LogP contribution in [0.5, 0.6) is 5.75 Å². The molecule has 1 amide bonds. The van der Waals surface area contributed by atoms with Crippen LogP contribution in [-0.2, 0) is 44.5 Å². The number of rotatable bonds is 24. The SMILES string of the molecule is CCCCCCCC(CCCCCC/C=C/[C@H](C(=O)N[C@@H](Cc1ccc(O)cc1)C(=O)OC)[C@@](O)(CC(=O)OC(C)(C)C)C(=O)OC(C)(C)C)OC. The second-order valence-electron chi connectivity index (χ2n) is 15.6. The molecule has 4 atom stereocenters. The lowest BCUT2D eigenvalue weighted by Crippen LogP contribution is -2.57. The zero-order valence-electron chi connectivity index (χ0n) is 33.3. The molecule has 296 valence electrons. The van der Waals surface area contributed by atoms with Gasteiger partial charge in [0.15, 0.2) is 5.60 Å². The minimum absolute atomic E-state index is 0.00511. The number of phenols is 1. The number of hydrogen-bond acceptors (Lipinski definition) is 10. The maximum absolute atomic E-state index is 14.1. The molecule has 0 spiro atoms. The highest BCUT2D eigenvalue weighted by Crippen LogP contribution is 2.30. The number of aliphatic hydroxyl groups is 1. The minimum Gasteiger partial charge on any atom is -0.508 e. The molecule has 1 unspecified atom stereocenters. The van der Waals surface area contributed by atoms with Crippen molar-refractivity contribution in [1.82, 2.24) is 5.32 Å². The van der Waals surface area contributed by atoms with Gasteiger partial charge in [-0.1, -0.05) is 82.6 Å². The molecule has 0 radical (unpaired) electrons. The van der Waals surface area contributed by atoms with Gasteiger partial charge in [-0.25, -0.2) is 9.59 Å². The van der Waals surface area contributed by atoms with Crippen molar-refractivity contribution in [3.63, 3.8) is 0 Å². The smallest absolute Gasteiger partial charge is 0.340 e. The van der Waals surface area contributed by atoms with Gasteiger partial charge in [-0.3, -0.25) is 9.59 Å². The molecular formula is C41H67NO10. The molecule has 52 heavy (non-hydrogen) atoms. The summed E-state index contributed by atoms with van der Waals surface area (Å²) in [5, 5.41) is 24.4. The highest BCUT2D eigenvalue weighted by Gasteiger charge is 2.51. The van der Waals surface area contributed by atoms with E-state index in [1.54, 1.807) is 66.9 Å². The predicted molar refractivity (Wildman–Crippen MR) is 202 cm³/mol. The Bertz CT molecular complexity index is 1250. The Balaban J connectivity index is 3.23. The summed E-state index contributed by atoms with van der Waals surface area (Å²) in [7, 11) is 2.95. The summed E-state index contributed by atoms with van der Waals surface area (Å²) in [4.78, 5) is 53.7. The van der Waals surface area contributed by atoms with E-state index >= 15 is 0 Å². The van der Waals surface area contributed by atoms with E-state index in [1.165, 1.54) is 57.4 Å². The average Bonchev–Trinajstić information content (AvgIpc) is 3.04. The van der Waals surface area contributed by atoms with E-state index in [1.807, 2.05) is 0 Å². The number of phenolic OH excluding ortho intramolecular Hbond substituents is 1. The van der Waals surface area contributed by atoms with E-state index < -0.39 is 59.0 Å². The molecule has 0 heterocycles. The van der Waals surface area contributed by atoms with Crippen molar-refractivity contribution in [3.05, 3.63) is 42.0 Å². The van der Waals surface area contributed by atoms with Crippen LogP contribution < -0.4 is 5.32 Å². The Labute approximate surface area is 312 Å². The standard InChI is InChI=1S/C41H67NO10/c1-10-11-12-15-18-21-32(49-8)22-19-16-13-14-17-20-23-33(36(45)42-34(37(46)50-9)28-30-24-26-31(43)27-25-30)41(48,38(47)52-40(5,6)7)29-35(44)51-39(2,3)4/h20,23-27,32-34,43,48H,10-19,21-22,28-29H2,1-9H3,(H,42,45)/b23-20+/t32?,33-,34+,41+/m1/s1. The maximum atomic E-state index is 14.1. The normalized spacial score (nSPS) is 15.0. The Kier molecular flexibility index (Phi) is 20.8. The summed E-state index contributed by atoms with van der Waals surface area (Å²) in [6, 6.07) is 4.88. The number of allylic oxidation sites excluding steroid dienone is 1. The molecule has 1 aromatic rings. The van der Waals surface area contributed by atoms with E-state index in [2.05, 4.69) is 12.2 Å². The fourth-order valence-electron chi connectivity index (χ4n) is 5.78. The van der Waals surface area contributed by atoms with Crippen LogP contribution in [0.3, 0.4) is 0 Å². The van der Waals surface area contributed by atoms with E-state index in [9.17, 15) is 29.4 Å². The molecule has 0 aliphatic rings. The first kappa shape index (κ1) is 46.6. The third-order valence-electron chi connectivity index (χ3n) is 8.50. The highest BCUT2D eigenvalue weighted by molar-refractivity contribution is 5.95. The van der Waals surface area contributed by atoms with Gasteiger partial charge in [0.2, 0.25) is 5.91 Å². The lowest BCUT2D eigenvalue weighted by atomic mass is 9.82. The second-order valence-corrected chi connectivity index (χ2v) is 15.6. The lowest BCUT2D eigenvalue weighted by molar-refractivity contribution is -0.190.